The third-order valence-corrected chi connectivity index (χ3v) is 3.57. The summed E-state index contributed by atoms with van der Waals surface area (Å²) in [5, 5.41) is 13.9. The van der Waals surface area contributed by atoms with Crippen molar-refractivity contribution in [3.05, 3.63) is 0 Å². The molecular weight excluding hydrogens is 287 g/mol. The number of hydrogen-bond donors (Lipinski definition) is 3. The summed E-state index contributed by atoms with van der Waals surface area (Å²) in [4.78, 5) is 12.8. The molecule has 3 N–H and O–H groups in total. The van der Waals surface area contributed by atoms with Crippen LogP contribution in [0.4, 0.5) is 18.0 Å². The van der Waals surface area contributed by atoms with E-state index in [0.29, 0.717) is 38.5 Å². The van der Waals surface area contributed by atoms with Crippen LogP contribution in [0.1, 0.15) is 25.7 Å². The van der Waals surface area contributed by atoms with Gasteiger partial charge in [0.05, 0.1) is 6.54 Å². The lowest BCUT2D eigenvalue weighted by molar-refractivity contribution is -0.148. The molecule has 0 aromatic heterocycles. The van der Waals surface area contributed by atoms with Gasteiger partial charge in [-0.15, -0.1) is 0 Å². The number of halogens is 3. The van der Waals surface area contributed by atoms with Gasteiger partial charge in [-0.25, -0.2) is 4.79 Å². The molecule has 1 aliphatic heterocycles. The van der Waals surface area contributed by atoms with Gasteiger partial charge < -0.3 is 15.7 Å². The predicted molar refractivity (Wildman–Crippen MR) is 72.9 cm³/mol. The van der Waals surface area contributed by atoms with Gasteiger partial charge in [0.25, 0.3) is 0 Å². The van der Waals surface area contributed by atoms with Crippen LogP contribution in [-0.4, -0.2) is 61.5 Å². The lowest BCUT2D eigenvalue weighted by Gasteiger charge is -2.32. The zero-order chi connectivity index (χ0) is 15.7. The zero-order valence-corrected chi connectivity index (χ0v) is 12.1. The second kappa shape index (κ2) is 9.09. The Hall–Kier alpha value is -1.02. The molecule has 0 spiro atoms. The van der Waals surface area contributed by atoms with Crippen LogP contribution >= 0.6 is 0 Å². The van der Waals surface area contributed by atoms with Crippen molar-refractivity contribution in [3.8, 4) is 0 Å². The van der Waals surface area contributed by atoms with Gasteiger partial charge in [0, 0.05) is 19.7 Å². The highest BCUT2D eigenvalue weighted by Crippen LogP contribution is 2.23. The number of rotatable bonds is 7. The lowest BCUT2D eigenvalue weighted by atomic mass is 9.93. The van der Waals surface area contributed by atoms with Gasteiger partial charge in [0.2, 0.25) is 0 Å². The Morgan fingerprint density at radius 2 is 1.81 bits per heavy atom. The van der Waals surface area contributed by atoms with Crippen molar-refractivity contribution < 1.29 is 23.1 Å². The molecule has 124 valence electrons. The van der Waals surface area contributed by atoms with E-state index in [-0.39, 0.29) is 12.6 Å². The Kier molecular flexibility index (Phi) is 7.81. The predicted octanol–water partition coefficient (Wildman–Crippen LogP) is 1.33. The molecule has 21 heavy (non-hydrogen) atoms. The SMILES string of the molecule is O=C(NCCCO)NCCC1CCN(CC(F)(F)F)CC1. The quantitative estimate of drug-likeness (QED) is 0.622. The minimum atomic E-state index is -4.12. The van der Waals surface area contributed by atoms with Crippen LogP contribution in [0.3, 0.4) is 0 Å². The van der Waals surface area contributed by atoms with Crippen LogP contribution in [0.15, 0.2) is 0 Å². The Bertz CT molecular complexity index is 306. The monoisotopic (exact) mass is 311 g/mol. The molecule has 8 heteroatoms. The second-order valence-electron chi connectivity index (χ2n) is 5.38. The third-order valence-electron chi connectivity index (χ3n) is 3.57. The molecule has 1 aliphatic rings. The second-order valence-corrected chi connectivity index (χ2v) is 5.38. The molecule has 5 nitrogen and oxygen atoms in total. The van der Waals surface area contributed by atoms with Crippen LogP contribution in [0.2, 0.25) is 0 Å². The van der Waals surface area contributed by atoms with Gasteiger partial charge in [0.1, 0.15) is 0 Å². The van der Waals surface area contributed by atoms with Crippen molar-refractivity contribution in [1.29, 1.82) is 0 Å². The first-order chi connectivity index (χ1) is 9.90. The number of aliphatic hydroxyl groups is 1. The van der Waals surface area contributed by atoms with Gasteiger partial charge in [-0.1, -0.05) is 0 Å². The normalized spacial score (nSPS) is 17.7. The number of nitrogens with one attached hydrogen (secondary N) is 2. The molecule has 1 rings (SSSR count). The largest absolute Gasteiger partial charge is 0.401 e. The van der Waals surface area contributed by atoms with Crippen molar-refractivity contribution in [1.82, 2.24) is 15.5 Å². The summed E-state index contributed by atoms with van der Waals surface area (Å²) >= 11 is 0. The van der Waals surface area contributed by atoms with E-state index in [9.17, 15) is 18.0 Å². The van der Waals surface area contributed by atoms with Crippen molar-refractivity contribution in [2.45, 2.75) is 31.9 Å². The van der Waals surface area contributed by atoms with E-state index in [1.807, 2.05) is 0 Å². The van der Waals surface area contributed by atoms with E-state index in [1.165, 1.54) is 4.90 Å². The Morgan fingerprint density at radius 1 is 1.19 bits per heavy atom. The fourth-order valence-electron chi connectivity index (χ4n) is 2.42. The molecule has 0 aliphatic carbocycles. The summed E-state index contributed by atoms with van der Waals surface area (Å²) in [5.41, 5.74) is 0. The fraction of sp³-hybridized carbons (Fsp3) is 0.923. The summed E-state index contributed by atoms with van der Waals surface area (Å²) in [6, 6.07) is -0.266. The molecule has 0 aromatic rings. The molecule has 0 atom stereocenters. The number of urea groups is 1. The van der Waals surface area contributed by atoms with Gasteiger partial charge in [-0.05, 0) is 44.7 Å². The maximum atomic E-state index is 12.2. The van der Waals surface area contributed by atoms with E-state index in [4.69, 9.17) is 5.11 Å². The molecule has 0 radical (unpaired) electrons. The maximum Gasteiger partial charge on any atom is 0.401 e. The summed E-state index contributed by atoms with van der Waals surface area (Å²) < 4.78 is 36.7. The molecule has 0 unspecified atom stereocenters. The van der Waals surface area contributed by atoms with Crippen molar-refractivity contribution >= 4 is 6.03 Å². The summed E-state index contributed by atoms with van der Waals surface area (Å²) in [5.74, 6) is 0.368. The minimum Gasteiger partial charge on any atom is -0.396 e. The first-order valence-electron chi connectivity index (χ1n) is 7.32. The van der Waals surface area contributed by atoms with Gasteiger partial charge in [-0.3, -0.25) is 4.90 Å². The molecule has 1 saturated heterocycles. The molecule has 0 saturated carbocycles. The summed E-state index contributed by atoms with van der Waals surface area (Å²) in [6.07, 6.45) is -1.34. The van der Waals surface area contributed by atoms with E-state index in [1.54, 1.807) is 0 Å². The number of piperidine rings is 1. The number of amides is 2. The third kappa shape index (κ3) is 8.77. The molecule has 1 fully saturated rings. The van der Waals surface area contributed by atoms with E-state index < -0.39 is 12.7 Å². The average molecular weight is 311 g/mol. The Labute approximate surface area is 122 Å². The van der Waals surface area contributed by atoms with Gasteiger partial charge in [0.15, 0.2) is 0 Å². The molecular formula is C13H24F3N3O2. The Morgan fingerprint density at radius 3 is 2.38 bits per heavy atom. The van der Waals surface area contributed by atoms with Crippen molar-refractivity contribution in [3.63, 3.8) is 0 Å². The summed E-state index contributed by atoms with van der Waals surface area (Å²) in [6.45, 7) is 1.09. The minimum absolute atomic E-state index is 0.0385. The number of carbonyl (C=O) groups is 1. The van der Waals surface area contributed by atoms with Crippen LogP contribution < -0.4 is 10.6 Å². The summed E-state index contributed by atoms with van der Waals surface area (Å²) in [7, 11) is 0. The standard InChI is InChI=1S/C13H24F3N3O2/c14-13(15,16)10-19-7-3-11(4-8-19)2-6-18-12(21)17-5-1-9-20/h11,20H,1-10H2,(H2,17,18,21). The molecule has 1 heterocycles. The number of likely N-dealkylation sites (tertiary alicyclic amines) is 1. The van der Waals surface area contributed by atoms with Gasteiger partial charge >= 0.3 is 12.2 Å². The smallest absolute Gasteiger partial charge is 0.396 e. The fourth-order valence-corrected chi connectivity index (χ4v) is 2.42. The number of hydrogen-bond acceptors (Lipinski definition) is 3. The first kappa shape index (κ1) is 18.0. The van der Waals surface area contributed by atoms with Crippen LogP contribution in [0.25, 0.3) is 0 Å². The highest BCUT2D eigenvalue weighted by molar-refractivity contribution is 5.73. The van der Waals surface area contributed by atoms with Crippen LogP contribution in [0, 0.1) is 5.92 Å². The number of nitrogens with zero attached hydrogens (tertiary/aromatic N) is 1. The van der Waals surface area contributed by atoms with Crippen LogP contribution in [0.5, 0.6) is 0 Å². The maximum absolute atomic E-state index is 12.2. The molecule has 0 bridgehead atoms. The lowest BCUT2D eigenvalue weighted by Crippen LogP contribution is -2.41. The average Bonchev–Trinajstić information content (AvgIpc) is 2.39. The van der Waals surface area contributed by atoms with E-state index in [0.717, 1.165) is 19.3 Å². The number of carbonyl (C=O) groups excluding carboxylic acids is 1. The highest BCUT2D eigenvalue weighted by atomic mass is 19.4. The first-order valence-corrected chi connectivity index (χ1v) is 7.32. The molecule has 2 amide bonds. The zero-order valence-electron chi connectivity index (χ0n) is 12.1. The number of alkyl halides is 3. The number of aliphatic hydroxyl groups excluding tert-OH is 1. The van der Waals surface area contributed by atoms with Crippen molar-refractivity contribution in [2.24, 2.45) is 5.92 Å². The highest BCUT2D eigenvalue weighted by Gasteiger charge is 2.32. The topological polar surface area (TPSA) is 64.6 Å². The van der Waals surface area contributed by atoms with Crippen molar-refractivity contribution in [2.75, 3.05) is 39.3 Å². The molecule has 0 aromatic carbocycles. The van der Waals surface area contributed by atoms with Crippen LogP contribution in [-0.2, 0) is 0 Å². The van der Waals surface area contributed by atoms with E-state index >= 15 is 0 Å². The van der Waals surface area contributed by atoms with E-state index in [2.05, 4.69) is 10.6 Å². The Balaban J connectivity index is 2.06. The van der Waals surface area contributed by atoms with Gasteiger partial charge in [-0.2, -0.15) is 13.2 Å².